The van der Waals surface area contributed by atoms with E-state index in [4.69, 9.17) is 0 Å². The Labute approximate surface area is 91.0 Å². The van der Waals surface area contributed by atoms with Gasteiger partial charge in [0.1, 0.15) is 4.60 Å². The Morgan fingerprint density at radius 3 is 2.57 bits per heavy atom. The lowest BCUT2D eigenvalue weighted by molar-refractivity contribution is 0.592. The molecule has 14 heavy (non-hydrogen) atoms. The van der Waals surface area contributed by atoms with Crippen molar-refractivity contribution < 1.29 is 0 Å². The van der Waals surface area contributed by atoms with Crippen LogP contribution in [-0.4, -0.2) is 15.7 Å². The van der Waals surface area contributed by atoms with Crippen LogP contribution < -0.4 is 11.0 Å². The molecule has 1 aromatic heterocycles. The molecule has 0 aliphatic carbocycles. The maximum absolute atomic E-state index is 11.6. The Morgan fingerprint density at radius 1 is 1.43 bits per heavy atom. The number of nitrogens with zero attached hydrogens (tertiary/aromatic N) is 2. The van der Waals surface area contributed by atoms with E-state index in [1.54, 1.807) is 16.2 Å². The molecule has 2 rings (SSSR count). The molecule has 1 aliphatic rings. The third kappa shape index (κ3) is 1.35. The quantitative estimate of drug-likeness (QED) is 0.815. The molecule has 4 nitrogen and oxygen atoms in total. The van der Waals surface area contributed by atoms with Gasteiger partial charge >= 0.3 is 5.69 Å². The molecular formula is C9H14BrN3O. The van der Waals surface area contributed by atoms with Crippen molar-refractivity contribution in [3.63, 3.8) is 0 Å². The summed E-state index contributed by atoms with van der Waals surface area (Å²) in [5, 5.41) is 3.39. The van der Waals surface area contributed by atoms with Crippen LogP contribution in [0.2, 0.25) is 0 Å². The number of aromatic nitrogens is 2. The molecule has 1 atom stereocenters. The molecule has 1 N–H and O–H groups in total. The van der Waals surface area contributed by atoms with Crippen LogP contribution in [0.4, 0.5) is 0 Å². The summed E-state index contributed by atoms with van der Waals surface area (Å²) in [7, 11) is 3.60. The summed E-state index contributed by atoms with van der Waals surface area (Å²) in [5.74, 6) is 0. The first kappa shape index (κ1) is 9.98. The smallest absolute Gasteiger partial charge is 0.309 e. The second-order valence-corrected chi connectivity index (χ2v) is 4.48. The van der Waals surface area contributed by atoms with Crippen molar-refractivity contribution in [1.82, 2.24) is 14.5 Å². The molecule has 0 bridgehead atoms. The van der Waals surface area contributed by atoms with Crippen molar-refractivity contribution in [1.29, 1.82) is 0 Å². The van der Waals surface area contributed by atoms with Gasteiger partial charge in [-0.1, -0.05) is 0 Å². The molecule has 0 radical (unpaired) electrons. The summed E-state index contributed by atoms with van der Waals surface area (Å²) >= 11 is 3.46. The summed E-state index contributed by atoms with van der Waals surface area (Å²) in [6.07, 6.45) is 2.29. The number of hydrogen-bond acceptors (Lipinski definition) is 2. The average Bonchev–Trinajstić information content (AvgIpc) is 2.73. The highest BCUT2D eigenvalue weighted by atomic mass is 79.9. The van der Waals surface area contributed by atoms with Crippen molar-refractivity contribution >= 4 is 15.9 Å². The molecule has 1 fully saturated rings. The van der Waals surface area contributed by atoms with Gasteiger partial charge in [-0.05, 0) is 35.3 Å². The number of imidazole rings is 1. The van der Waals surface area contributed by atoms with Crippen LogP contribution in [0.25, 0.3) is 0 Å². The predicted octanol–water partition coefficient (Wildman–Crippen LogP) is 0.911. The number of rotatable bonds is 1. The van der Waals surface area contributed by atoms with Crippen LogP contribution in [0.1, 0.15) is 24.6 Å². The van der Waals surface area contributed by atoms with Gasteiger partial charge < -0.3 is 5.32 Å². The molecule has 1 unspecified atom stereocenters. The van der Waals surface area contributed by atoms with Gasteiger partial charge in [0.2, 0.25) is 0 Å². The van der Waals surface area contributed by atoms with Crippen molar-refractivity contribution in [3.8, 4) is 0 Å². The monoisotopic (exact) mass is 259 g/mol. The molecule has 1 aromatic rings. The minimum atomic E-state index is 0.0283. The molecule has 1 saturated heterocycles. The van der Waals surface area contributed by atoms with Crippen LogP contribution >= 0.6 is 15.9 Å². The van der Waals surface area contributed by atoms with E-state index in [0.29, 0.717) is 6.04 Å². The zero-order valence-corrected chi connectivity index (χ0v) is 9.97. The van der Waals surface area contributed by atoms with Gasteiger partial charge in [-0.2, -0.15) is 0 Å². The first-order chi connectivity index (χ1) is 6.63. The second-order valence-electron chi connectivity index (χ2n) is 3.73. The van der Waals surface area contributed by atoms with Gasteiger partial charge in [0.25, 0.3) is 0 Å². The Bertz CT molecular complexity index is 401. The minimum absolute atomic E-state index is 0.0283. The lowest BCUT2D eigenvalue weighted by atomic mass is 10.2. The summed E-state index contributed by atoms with van der Waals surface area (Å²) in [6.45, 7) is 1.04. The van der Waals surface area contributed by atoms with Crippen LogP contribution in [0.3, 0.4) is 0 Å². The van der Waals surface area contributed by atoms with Gasteiger partial charge in [-0.3, -0.25) is 9.13 Å². The van der Waals surface area contributed by atoms with Crippen LogP contribution in [0, 0.1) is 0 Å². The molecule has 0 aromatic carbocycles. The summed E-state index contributed by atoms with van der Waals surface area (Å²) in [6, 6.07) is 0.322. The van der Waals surface area contributed by atoms with E-state index in [0.717, 1.165) is 23.3 Å². The first-order valence-electron chi connectivity index (χ1n) is 4.77. The largest absolute Gasteiger partial charge is 0.328 e. The van der Waals surface area contributed by atoms with E-state index in [-0.39, 0.29) is 5.69 Å². The number of nitrogens with one attached hydrogen (secondary N) is 1. The van der Waals surface area contributed by atoms with Gasteiger partial charge in [-0.25, -0.2) is 4.79 Å². The molecule has 0 amide bonds. The van der Waals surface area contributed by atoms with E-state index < -0.39 is 0 Å². The van der Waals surface area contributed by atoms with Gasteiger partial charge in [0.05, 0.1) is 11.7 Å². The normalized spacial score (nSPS) is 21.8. The molecule has 2 heterocycles. The molecular weight excluding hydrogens is 246 g/mol. The maximum Gasteiger partial charge on any atom is 0.328 e. The van der Waals surface area contributed by atoms with Crippen molar-refractivity contribution in [3.05, 3.63) is 20.8 Å². The topological polar surface area (TPSA) is 39.0 Å². The number of hydrogen-bond donors (Lipinski definition) is 1. The molecule has 78 valence electrons. The lowest BCUT2D eigenvalue weighted by Crippen LogP contribution is -2.23. The van der Waals surface area contributed by atoms with Gasteiger partial charge in [0.15, 0.2) is 0 Å². The van der Waals surface area contributed by atoms with Crippen molar-refractivity contribution in [2.45, 2.75) is 18.9 Å². The van der Waals surface area contributed by atoms with Gasteiger partial charge in [0, 0.05) is 14.1 Å². The highest BCUT2D eigenvalue weighted by Gasteiger charge is 2.24. The molecule has 0 saturated carbocycles. The van der Waals surface area contributed by atoms with Gasteiger partial charge in [-0.15, -0.1) is 0 Å². The summed E-state index contributed by atoms with van der Waals surface area (Å²) < 4.78 is 4.24. The van der Waals surface area contributed by atoms with E-state index >= 15 is 0 Å². The fourth-order valence-electron chi connectivity index (χ4n) is 2.02. The van der Waals surface area contributed by atoms with Crippen LogP contribution in [-0.2, 0) is 14.1 Å². The fourth-order valence-corrected chi connectivity index (χ4v) is 2.71. The first-order valence-corrected chi connectivity index (χ1v) is 5.56. The average molecular weight is 260 g/mol. The van der Waals surface area contributed by atoms with Crippen LogP contribution in [0.5, 0.6) is 0 Å². The highest BCUT2D eigenvalue weighted by molar-refractivity contribution is 9.10. The van der Waals surface area contributed by atoms with E-state index in [9.17, 15) is 4.79 Å². The van der Waals surface area contributed by atoms with E-state index in [2.05, 4.69) is 21.2 Å². The minimum Gasteiger partial charge on any atom is -0.309 e. The number of halogens is 1. The Hall–Kier alpha value is -0.550. The second kappa shape index (κ2) is 3.55. The molecule has 0 spiro atoms. The molecule has 5 heteroatoms. The standard InChI is InChI=1S/C9H14BrN3O/c1-12-7(6-4-3-5-11-6)8(10)13(2)9(12)14/h6,11H,3-5H2,1-2H3. The fraction of sp³-hybridized carbons (Fsp3) is 0.667. The lowest BCUT2D eigenvalue weighted by Gasteiger charge is -2.10. The van der Waals surface area contributed by atoms with Crippen molar-refractivity contribution in [2.24, 2.45) is 14.1 Å². The summed E-state index contributed by atoms with van der Waals surface area (Å²) in [5.41, 5.74) is 1.09. The third-order valence-corrected chi connectivity index (χ3v) is 3.77. The zero-order chi connectivity index (χ0) is 10.3. The van der Waals surface area contributed by atoms with E-state index in [1.165, 1.54) is 6.42 Å². The maximum atomic E-state index is 11.6. The summed E-state index contributed by atoms with van der Waals surface area (Å²) in [4.78, 5) is 11.6. The Balaban J connectivity index is 2.51. The highest BCUT2D eigenvalue weighted by Crippen LogP contribution is 2.27. The molecule has 1 aliphatic heterocycles. The third-order valence-electron chi connectivity index (χ3n) is 2.83. The Kier molecular flexibility index (Phi) is 2.53. The zero-order valence-electron chi connectivity index (χ0n) is 8.38. The van der Waals surface area contributed by atoms with E-state index in [1.807, 2.05) is 7.05 Å². The Morgan fingerprint density at radius 2 is 2.14 bits per heavy atom. The van der Waals surface area contributed by atoms with Crippen molar-refractivity contribution in [2.75, 3.05) is 6.54 Å². The predicted molar refractivity (Wildman–Crippen MR) is 58.3 cm³/mol. The van der Waals surface area contributed by atoms with Crippen LogP contribution in [0.15, 0.2) is 9.40 Å². The SMILES string of the molecule is Cn1c(Br)c(C2CCCN2)n(C)c1=O.